The van der Waals surface area contributed by atoms with E-state index in [2.05, 4.69) is 23.3 Å². The van der Waals surface area contributed by atoms with Crippen LogP contribution in [0, 0.1) is 11.3 Å². The second-order valence-electron chi connectivity index (χ2n) is 4.53. The molecule has 1 unspecified atom stereocenters. The molecular weight excluding hydrogens is 250 g/mol. The standard InChI is InChI=1S/C16H17N3O/c1-12(14-4-3-7-18-10-14)19-11-15-8-13(9-17)5-6-16(15)20-2/h3-8,10,12,19H,11H2,1-2H3. The summed E-state index contributed by atoms with van der Waals surface area (Å²) in [5.74, 6) is 0.787. The Hall–Kier alpha value is -2.38. The molecular formula is C16H17N3O. The van der Waals surface area contributed by atoms with Gasteiger partial charge in [-0.25, -0.2) is 0 Å². The van der Waals surface area contributed by atoms with Gasteiger partial charge in [0.2, 0.25) is 0 Å². The van der Waals surface area contributed by atoms with Gasteiger partial charge in [0.1, 0.15) is 5.75 Å². The highest BCUT2D eigenvalue weighted by Gasteiger charge is 2.08. The molecule has 20 heavy (non-hydrogen) atoms. The van der Waals surface area contributed by atoms with Crippen molar-refractivity contribution in [3.05, 3.63) is 59.4 Å². The van der Waals surface area contributed by atoms with Crippen LogP contribution in [-0.2, 0) is 6.54 Å². The predicted octanol–water partition coefficient (Wildman–Crippen LogP) is 2.81. The first kappa shape index (κ1) is 14.0. The van der Waals surface area contributed by atoms with Crippen molar-refractivity contribution in [2.75, 3.05) is 7.11 Å². The fourth-order valence-electron chi connectivity index (χ4n) is 2.00. The van der Waals surface area contributed by atoms with Crippen LogP contribution >= 0.6 is 0 Å². The Kier molecular flexibility index (Phi) is 4.70. The summed E-state index contributed by atoms with van der Waals surface area (Å²) in [6.45, 7) is 2.71. The zero-order chi connectivity index (χ0) is 14.4. The van der Waals surface area contributed by atoms with Gasteiger partial charge in [0.25, 0.3) is 0 Å². The van der Waals surface area contributed by atoms with Gasteiger partial charge in [0.05, 0.1) is 18.7 Å². The van der Waals surface area contributed by atoms with Gasteiger partial charge in [-0.3, -0.25) is 4.98 Å². The van der Waals surface area contributed by atoms with Gasteiger partial charge in [-0.1, -0.05) is 6.07 Å². The molecule has 0 spiro atoms. The van der Waals surface area contributed by atoms with Gasteiger partial charge in [-0.15, -0.1) is 0 Å². The van der Waals surface area contributed by atoms with E-state index in [4.69, 9.17) is 10.00 Å². The second-order valence-corrected chi connectivity index (χ2v) is 4.53. The second kappa shape index (κ2) is 6.69. The summed E-state index contributed by atoms with van der Waals surface area (Å²) in [5, 5.41) is 12.4. The van der Waals surface area contributed by atoms with Gasteiger partial charge < -0.3 is 10.1 Å². The number of benzene rings is 1. The summed E-state index contributed by atoms with van der Waals surface area (Å²) in [7, 11) is 1.63. The van der Waals surface area contributed by atoms with Crippen molar-refractivity contribution >= 4 is 0 Å². The van der Waals surface area contributed by atoms with E-state index >= 15 is 0 Å². The molecule has 0 bridgehead atoms. The smallest absolute Gasteiger partial charge is 0.123 e. The minimum atomic E-state index is 0.180. The Balaban J connectivity index is 2.09. The van der Waals surface area contributed by atoms with Gasteiger partial charge in [0.15, 0.2) is 0 Å². The molecule has 0 aliphatic rings. The lowest BCUT2D eigenvalue weighted by molar-refractivity contribution is 0.406. The van der Waals surface area contributed by atoms with Crippen LogP contribution in [0.3, 0.4) is 0 Å². The number of hydrogen-bond acceptors (Lipinski definition) is 4. The fourth-order valence-corrected chi connectivity index (χ4v) is 2.00. The number of hydrogen-bond donors (Lipinski definition) is 1. The molecule has 0 aliphatic carbocycles. The van der Waals surface area contributed by atoms with Crippen molar-refractivity contribution in [1.29, 1.82) is 5.26 Å². The maximum Gasteiger partial charge on any atom is 0.123 e. The van der Waals surface area contributed by atoms with Gasteiger partial charge in [-0.05, 0) is 36.8 Å². The Morgan fingerprint density at radius 3 is 2.90 bits per heavy atom. The van der Waals surface area contributed by atoms with Gasteiger partial charge in [0, 0.05) is 30.5 Å². The Labute approximate surface area is 119 Å². The molecule has 4 nitrogen and oxygen atoms in total. The third-order valence-corrected chi connectivity index (χ3v) is 3.19. The van der Waals surface area contributed by atoms with E-state index in [1.54, 1.807) is 19.4 Å². The van der Waals surface area contributed by atoms with Crippen LogP contribution in [0.4, 0.5) is 0 Å². The minimum Gasteiger partial charge on any atom is -0.496 e. The Morgan fingerprint density at radius 2 is 2.25 bits per heavy atom. The van der Waals surface area contributed by atoms with Crippen molar-refractivity contribution in [3.8, 4) is 11.8 Å². The molecule has 0 saturated carbocycles. The number of aromatic nitrogens is 1. The molecule has 1 aromatic carbocycles. The molecule has 1 heterocycles. The lowest BCUT2D eigenvalue weighted by Gasteiger charge is -2.15. The molecule has 2 rings (SSSR count). The van der Waals surface area contributed by atoms with Crippen molar-refractivity contribution in [1.82, 2.24) is 10.3 Å². The van der Waals surface area contributed by atoms with Crippen LogP contribution in [0.2, 0.25) is 0 Å². The molecule has 0 amide bonds. The van der Waals surface area contributed by atoms with E-state index in [1.807, 2.05) is 30.5 Å². The molecule has 1 N–H and O–H groups in total. The summed E-state index contributed by atoms with van der Waals surface area (Å²) in [5.41, 5.74) is 2.74. The maximum atomic E-state index is 8.96. The highest BCUT2D eigenvalue weighted by Crippen LogP contribution is 2.20. The molecule has 0 radical (unpaired) electrons. The molecule has 0 saturated heterocycles. The average Bonchev–Trinajstić information content (AvgIpc) is 2.53. The van der Waals surface area contributed by atoms with E-state index in [-0.39, 0.29) is 6.04 Å². The van der Waals surface area contributed by atoms with Crippen molar-refractivity contribution in [3.63, 3.8) is 0 Å². The van der Waals surface area contributed by atoms with Crippen LogP contribution < -0.4 is 10.1 Å². The number of nitriles is 1. The van der Waals surface area contributed by atoms with E-state index in [0.29, 0.717) is 12.1 Å². The van der Waals surface area contributed by atoms with Crippen LogP contribution in [0.15, 0.2) is 42.7 Å². The van der Waals surface area contributed by atoms with Gasteiger partial charge in [-0.2, -0.15) is 5.26 Å². The van der Waals surface area contributed by atoms with Crippen LogP contribution in [-0.4, -0.2) is 12.1 Å². The van der Waals surface area contributed by atoms with Crippen molar-refractivity contribution in [2.45, 2.75) is 19.5 Å². The molecule has 0 aliphatic heterocycles. The predicted molar refractivity (Wildman–Crippen MR) is 77.2 cm³/mol. The highest BCUT2D eigenvalue weighted by atomic mass is 16.5. The SMILES string of the molecule is COc1ccc(C#N)cc1CNC(C)c1cccnc1. The third-order valence-electron chi connectivity index (χ3n) is 3.19. The van der Waals surface area contributed by atoms with E-state index in [1.165, 1.54) is 0 Å². The minimum absolute atomic E-state index is 0.180. The topological polar surface area (TPSA) is 57.9 Å². The number of methoxy groups -OCH3 is 1. The van der Waals surface area contributed by atoms with Crippen LogP contribution in [0.25, 0.3) is 0 Å². The molecule has 1 aromatic heterocycles. The van der Waals surface area contributed by atoms with Crippen molar-refractivity contribution in [2.24, 2.45) is 0 Å². The van der Waals surface area contributed by atoms with Crippen molar-refractivity contribution < 1.29 is 4.74 Å². The normalized spacial score (nSPS) is 11.7. The maximum absolute atomic E-state index is 8.96. The monoisotopic (exact) mass is 267 g/mol. The summed E-state index contributed by atoms with van der Waals surface area (Å²) in [4.78, 5) is 4.11. The summed E-state index contributed by atoms with van der Waals surface area (Å²) >= 11 is 0. The fraction of sp³-hybridized carbons (Fsp3) is 0.250. The molecule has 0 fully saturated rings. The summed E-state index contributed by atoms with van der Waals surface area (Å²) < 4.78 is 5.32. The zero-order valence-corrected chi connectivity index (χ0v) is 11.6. The van der Waals surface area contributed by atoms with E-state index in [9.17, 15) is 0 Å². The number of nitrogens with zero attached hydrogens (tertiary/aromatic N) is 2. The number of pyridine rings is 1. The number of ether oxygens (including phenoxy) is 1. The largest absolute Gasteiger partial charge is 0.496 e. The number of rotatable bonds is 5. The molecule has 4 heteroatoms. The molecule has 102 valence electrons. The van der Waals surface area contributed by atoms with E-state index in [0.717, 1.165) is 16.9 Å². The average molecular weight is 267 g/mol. The third kappa shape index (κ3) is 3.34. The molecule has 2 aromatic rings. The summed E-state index contributed by atoms with van der Waals surface area (Å²) in [6.07, 6.45) is 3.61. The van der Waals surface area contributed by atoms with E-state index < -0.39 is 0 Å². The first-order valence-corrected chi connectivity index (χ1v) is 6.45. The first-order valence-electron chi connectivity index (χ1n) is 6.45. The lowest BCUT2D eigenvalue weighted by atomic mass is 10.1. The van der Waals surface area contributed by atoms with Gasteiger partial charge >= 0.3 is 0 Å². The molecule has 1 atom stereocenters. The van der Waals surface area contributed by atoms with Crippen LogP contribution in [0.1, 0.15) is 29.7 Å². The first-order chi connectivity index (χ1) is 9.74. The quantitative estimate of drug-likeness (QED) is 0.905. The lowest BCUT2D eigenvalue weighted by Crippen LogP contribution is -2.18. The summed E-state index contributed by atoms with van der Waals surface area (Å²) in [6, 6.07) is 11.7. The highest BCUT2D eigenvalue weighted by molar-refractivity contribution is 5.42. The van der Waals surface area contributed by atoms with Crippen LogP contribution in [0.5, 0.6) is 5.75 Å². The Bertz CT molecular complexity index is 605. The Morgan fingerprint density at radius 1 is 1.40 bits per heavy atom. The number of nitrogens with one attached hydrogen (secondary N) is 1. The zero-order valence-electron chi connectivity index (χ0n) is 11.6.